The van der Waals surface area contributed by atoms with E-state index >= 15 is 0 Å². The van der Waals surface area contributed by atoms with E-state index in [1.54, 1.807) is 12.1 Å². The monoisotopic (exact) mass is 391 g/mol. The van der Waals surface area contributed by atoms with Crippen molar-refractivity contribution >= 4 is 44.9 Å². The number of nitrogens with one attached hydrogen (secondary N) is 1. The molecule has 1 heterocycles. The number of thiazole rings is 1. The maximum atomic E-state index is 11.9. The van der Waals surface area contributed by atoms with Crippen molar-refractivity contribution < 1.29 is 19.9 Å². The fourth-order valence-electron chi connectivity index (χ4n) is 2.13. The summed E-state index contributed by atoms with van der Waals surface area (Å²) in [7, 11) is 0. The van der Waals surface area contributed by atoms with Crippen LogP contribution in [0.5, 0.6) is 11.5 Å². The minimum atomic E-state index is -0.472. The molecule has 0 aliphatic carbocycles. The molecule has 0 aliphatic heterocycles. The van der Waals surface area contributed by atoms with Crippen LogP contribution in [0.4, 0.5) is 5.69 Å². The van der Waals surface area contributed by atoms with Gasteiger partial charge >= 0.3 is 0 Å². The van der Waals surface area contributed by atoms with Crippen LogP contribution in [0.25, 0.3) is 10.2 Å². The lowest BCUT2D eigenvalue weighted by atomic mass is 10.2. The van der Waals surface area contributed by atoms with E-state index < -0.39 is 4.92 Å². The van der Waals surface area contributed by atoms with E-state index in [2.05, 4.69) is 10.3 Å². The fraction of sp³-hybridized carbons (Fsp3) is 0.125. The van der Waals surface area contributed by atoms with Crippen molar-refractivity contribution in [1.29, 1.82) is 0 Å². The minimum Gasteiger partial charge on any atom is -0.504 e. The molecule has 10 heteroatoms. The third-order valence-electron chi connectivity index (χ3n) is 3.42. The molecule has 0 bridgehead atoms. The predicted octanol–water partition coefficient (Wildman–Crippen LogP) is 3.02. The van der Waals surface area contributed by atoms with Crippen LogP contribution < -0.4 is 5.32 Å². The second-order valence-electron chi connectivity index (χ2n) is 5.28. The molecule has 0 radical (unpaired) electrons. The van der Waals surface area contributed by atoms with Gasteiger partial charge in [0, 0.05) is 18.7 Å². The number of nitro groups is 1. The molecule has 3 aromatic rings. The highest BCUT2D eigenvalue weighted by Crippen LogP contribution is 2.31. The van der Waals surface area contributed by atoms with Gasteiger partial charge in [-0.3, -0.25) is 14.9 Å². The van der Waals surface area contributed by atoms with Crippen molar-refractivity contribution in [3.8, 4) is 11.5 Å². The number of carbonyl (C=O) groups is 1. The molecule has 1 amide bonds. The summed E-state index contributed by atoms with van der Waals surface area (Å²) < 4.78 is 1.47. The number of nitrogens with zero attached hydrogens (tertiary/aromatic N) is 2. The number of fused-ring (bicyclic) bond motifs is 1. The molecule has 1 aromatic heterocycles. The first-order valence-corrected chi connectivity index (χ1v) is 9.18. The molecule has 134 valence electrons. The van der Waals surface area contributed by atoms with Gasteiger partial charge in [-0.1, -0.05) is 17.8 Å². The molecular formula is C16H13N3O5S2. The lowest BCUT2D eigenvalue weighted by molar-refractivity contribution is -0.384. The second-order valence-corrected chi connectivity index (χ2v) is 7.53. The topological polar surface area (TPSA) is 126 Å². The quantitative estimate of drug-likeness (QED) is 0.255. The average Bonchev–Trinajstić information content (AvgIpc) is 3.03. The number of amides is 1. The number of hydrogen-bond acceptors (Lipinski definition) is 8. The fourth-order valence-corrected chi connectivity index (χ4v) is 4.01. The lowest BCUT2D eigenvalue weighted by Crippen LogP contribution is -2.24. The van der Waals surface area contributed by atoms with Gasteiger partial charge in [-0.05, 0) is 23.8 Å². The summed E-state index contributed by atoms with van der Waals surface area (Å²) >= 11 is 2.61. The van der Waals surface area contributed by atoms with Gasteiger partial charge in [0.05, 0.1) is 20.9 Å². The first-order valence-electron chi connectivity index (χ1n) is 7.38. The first kappa shape index (κ1) is 18.0. The number of carbonyl (C=O) groups excluding carboxylic acids is 1. The van der Waals surface area contributed by atoms with Gasteiger partial charge in [0.1, 0.15) is 0 Å². The standard InChI is InChI=1S/C16H13N3O5S2/c20-12-3-1-9(5-13(12)21)7-17-15(22)8-25-16-18-11-6-10(19(23)24)2-4-14(11)26-16/h1-6,20-21H,7-8H2,(H,17,22). The van der Waals surface area contributed by atoms with Crippen LogP contribution >= 0.6 is 23.1 Å². The van der Waals surface area contributed by atoms with E-state index in [4.69, 9.17) is 0 Å². The van der Waals surface area contributed by atoms with Gasteiger partial charge in [-0.15, -0.1) is 11.3 Å². The molecule has 0 atom stereocenters. The van der Waals surface area contributed by atoms with Crippen molar-refractivity contribution in [3.63, 3.8) is 0 Å². The van der Waals surface area contributed by atoms with Crippen LogP contribution in [-0.4, -0.2) is 31.8 Å². The second kappa shape index (κ2) is 7.58. The van der Waals surface area contributed by atoms with Gasteiger partial charge in [0.15, 0.2) is 15.8 Å². The number of non-ortho nitro benzene ring substituents is 1. The Balaban J connectivity index is 1.56. The van der Waals surface area contributed by atoms with Crippen LogP contribution in [0.15, 0.2) is 40.7 Å². The molecule has 3 rings (SSSR count). The Kier molecular flexibility index (Phi) is 5.24. The predicted molar refractivity (Wildman–Crippen MR) is 98.6 cm³/mol. The summed E-state index contributed by atoms with van der Waals surface area (Å²) in [5, 5.41) is 32.2. The molecule has 0 aliphatic rings. The van der Waals surface area contributed by atoms with E-state index in [0.29, 0.717) is 15.4 Å². The van der Waals surface area contributed by atoms with E-state index in [1.165, 1.54) is 47.4 Å². The minimum absolute atomic E-state index is 0.0192. The Labute approximate surface area is 155 Å². The number of phenols is 2. The highest BCUT2D eigenvalue weighted by atomic mass is 32.2. The summed E-state index contributed by atoms with van der Waals surface area (Å²) in [5.74, 6) is -0.527. The van der Waals surface area contributed by atoms with Crippen molar-refractivity contribution in [2.24, 2.45) is 0 Å². The Morgan fingerprint density at radius 3 is 2.77 bits per heavy atom. The number of hydrogen-bond donors (Lipinski definition) is 3. The highest BCUT2D eigenvalue weighted by Gasteiger charge is 2.12. The maximum Gasteiger partial charge on any atom is 0.271 e. The van der Waals surface area contributed by atoms with Crippen molar-refractivity contribution in [2.45, 2.75) is 10.9 Å². The van der Waals surface area contributed by atoms with Crippen molar-refractivity contribution in [2.75, 3.05) is 5.75 Å². The number of rotatable bonds is 6. The zero-order chi connectivity index (χ0) is 18.7. The summed E-state index contributed by atoms with van der Waals surface area (Å²) in [5.41, 5.74) is 1.17. The van der Waals surface area contributed by atoms with E-state index in [-0.39, 0.29) is 35.4 Å². The first-order chi connectivity index (χ1) is 12.4. The summed E-state index contributed by atoms with van der Waals surface area (Å²) in [6, 6.07) is 8.81. The third kappa shape index (κ3) is 4.21. The summed E-state index contributed by atoms with van der Waals surface area (Å²) in [6.45, 7) is 0.222. The molecule has 8 nitrogen and oxygen atoms in total. The van der Waals surface area contributed by atoms with Crippen LogP contribution in [0.2, 0.25) is 0 Å². The Bertz CT molecular complexity index is 989. The van der Waals surface area contributed by atoms with Crippen LogP contribution in [0.1, 0.15) is 5.56 Å². The van der Waals surface area contributed by atoms with E-state index in [1.807, 2.05) is 0 Å². The molecule has 2 aromatic carbocycles. The van der Waals surface area contributed by atoms with Gasteiger partial charge in [0.25, 0.3) is 5.69 Å². The zero-order valence-corrected chi connectivity index (χ0v) is 14.8. The Hall–Kier alpha value is -2.85. The Morgan fingerprint density at radius 1 is 1.23 bits per heavy atom. The molecule has 0 spiro atoms. The Morgan fingerprint density at radius 2 is 2.04 bits per heavy atom. The molecule has 26 heavy (non-hydrogen) atoms. The van der Waals surface area contributed by atoms with Crippen molar-refractivity contribution in [3.05, 3.63) is 52.1 Å². The largest absolute Gasteiger partial charge is 0.504 e. The SMILES string of the molecule is O=C(CSc1nc2cc([N+](=O)[O-])ccc2s1)NCc1ccc(O)c(O)c1. The van der Waals surface area contributed by atoms with Gasteiger partial charge < -0.3 is 15.5 Å². The highest BCUT2D eigenvalue weighted by molar-refractivity contribution is 8.01. The smallest absolute Gasteiger partial charge is 0.271 e. The van der Waals surface area contributed by atoms with E-state index in [0.717, 1.165) is 4.70 Å². The molecule has 3 N–H and O–H groups in total. The van der Waals surface area contributed by atoms with Crippen LogP contribution in [0.3, 0.4) is 0 Å². The van der Waals surface area contributed by atoms with Gasteiger partial charge in [-0.2, -0.15) is 0 Å². The third-order valence-corrected chi connectivity index (χ3v) is 5.60. The summed E-state index contributed by atoms with van der Waals surface area (Å²) in [6.07, 6.45) is 0. The summed E-state index contributed by atoms with van der Waals surface area (Å²) in [4.78, 5) is 26.6. The number of benzene rings is 2. The molecule has 0 saturated heterocycles. The number of aromatic nitrogens is 1. The molecule has 0 unspecified atom stereocenters. The zero-order valence-electron chi connectivity index (χ0n) is 13.2. The molecular weight excluding hydrogens is 378 g/mol. The van der Waals surface area contributed by atoms with Crippen LogP contribution in [-0.2, 0) is 11.3 Å². The lowest BCUT2D eigenvalue weighted by Gasteiger charge is -2.05. The molecule has 0 saturated carbocycles. The van der Waals surface area contributed by atoms with E-state index in [9.17, 15) is 25.1 Å². The number of nitro benzene ring substituents is 1. The number of thioether (sulfide) groups is 1. The molecule has 0 fully saturated rings. The maximum absolute atomic E-state index is 11.9. The number of aromatic hydroxyl groups is 2. The van der Waals surface area contributed by atoms with Gasteiger partial charge in [-0.25, -0.2) is 4.98 Å². The van der Waals surface area contributed by atoms with Gasteiger partial charge in [0.2, 0.25) is 5.91 Å². The van der Waals surface area contributed by atoms with Crippen LogP contribution in [0, 0.1) is 10.1 Å². The average molecular weight is 391 g/mol. The van der Waals surface area contributed by atoms with Crippen molar-refractivity contribution in [1.82, 2.24) is 10.3 Å². The normalized spacial score (nSPS) is 10.8. The number of phenolic OH excluding ortho intramolecular Hbond substituents is 2.